The highest BCUT2D eigenvalue weighted by Gasteiger charge is 2.28. The van der Waals surface area contributed by atoms with Gasteiger partial charge in [-0.1, -0.05) is 27.7 Å². The first-order valence-electron chi connectivity index (χ1n) is 7.83. The van der Waals surface area contributed by atoms with E-state index in [0.717, 1.165) is 6.54 Å². The van der Waals surface area contributed by atoms with Gasteiger partial charge in [-0.15, -0.1) is 0 Å². The quantitative estimate of drug-likeness (QED) is 0.621. The van der Waals surface area contributed by atoms with Crippen molar-refractivity contribution in [3.05, 3.63) is 0 Å². The molecule has 0 heterocycles. The maximum Gasteiger partial charge on any atom is 0.00719 e. The van der Waals surface area contributed by atoms with Crippen molar-refractivity contribution in [1.29, 1.82) is 0 Å². The maximum atomic E-state index is 3.64. The number of thioether (sulfide) groups is 1. The minimum atomic E-state index is 0.423. The zero-order valence-corrected chi connectivity index (χ0v) is 15.1. The Bertz CT molecular complexity index is 215. The second-order valence-corrected chi connectivity index (χ2v) is 7.27. The minimum Gasteiger partial charge on any atom is -0.314 e. The molecule has 0 radical (unpaired) electrons. The SMILES string of the molecule is CCC(CC)(CNC(C)C)CN(C)C(C)CCSC. The average molecular weight is 289 g/mol. The Morgan fingerprint density at radius 1 is 1.16 bits per heavy atom. The van der Waals surface area contributed by atoms with E-state index in [1.165, 1.54) is 31.6 Å². The molecule has 0 aromatic rings. The molecule has 116 valence electrons. The second-order valence-electron chi connectivity index (χ2n) is 6.29. The maximum absolute atomic E-state index is 3.64. The van der Waals surface area contributed by atoms with Crippen LogP contribution in [0.4, 0.5) is 0 Å². The average Bonchev–Trinajstić information content (AvgIpc) is 2.40. The molecule has 1 unspecified atom stereocenters. The van der Waals surface area contributed by atoms with E-state index in [1.54, 1.807) is 0 Å². The summed E-state index contributed by atoms with van der Waals surface area (Å²) in [5, 5.41) is 3.64. The van der Waals surface area contributed by atoms with Crippen LogP contribution in [0.5, 0.6) is 0 Å². The fraction of sp³-hybridized carbons (Fsp3) is 1.00. The standard InChI is InChI=1S/C16H36N2S/c1-8-16(9-2,12-17-14(3)4)13-18(6)15(5)10-11-19-7/h14-15,17H,8-13H2,1-7H3. The molecule has 2 nitrogen and oxygen atoms in total. The van der Waals surface area contributed by atoms with Gasteiger partial charge in [0, 0.05) is 25.2 Å². The molecule has 0 aliphatic rings. The Hall–Kier alpha value is 0.270. The summed E-state index contributed by atoms with van der Waals surface area (Å²) >= 11 is 1.95. The Labute approximate surface area is 126 Å². The Morgan fingerprint density at radius 2 is 1.74 bits per heavy atom. The van der Waals surface area contributed by atoms with Crippen molar-refractivity contribution < 1.29 is 0 Å². The number of nitrogens with zero attached hydrogens (tertiary/aromatic N) is 1. The van der Waals surface area contributed by atoms with Gasteiger partial charge >= 0.3 is 0 Å². The highest BCUT2D eigenvalue weighted by atomic mass is 32.2. The first kappa shape index (κ1) is 19.3. The molecule has 0 aromatic carbocycles. The van der Waals surface area contributed by atoms with Gasteiger partial charge < -0.3 is 10.2 Å². The molecule has 0 fully saturated rings. The van der Waals surface area contributed by atoms with Crippen molar-refractivity contribution >= 4 is 11.8 Å². The van der Waals surface area contributed by atoms with Crippen LogP contribution in [0.15, 0.2) is 0 Å². The predicted molar refractivity (Wildman–Crippen MR) is 91.2 cm³/mol. The van der Waals surface area contributed by atoms with Crippen LogP contribution in [0.25, 0.3) is 0 Å². The summed E-state index contributed by atoms with van der Waals surface area (Å²) in [5.74, 6) is 1.26. The van der Waals surface area contributed by atoms with E-state index < -0.39 is 0 Å². The second kappa shape index (κ2) is 10.1. The molecule has 0 aromatic heterocycles. The molecule has 0 aliphatic carbocycles. The third-order valence-corrected chi connectivity index (χ3v) is 5.11. The number of hydrogen-bond donors (Lipinski definition) is 1. The predicted octanol–water partition coefficient (Wildman–Crippen LogP) is 3.86. The Balaban J connectivity index is 4.45. The minimum absolute atomic E-state index is 0.423. The third kappa shape index (κ3) is 7.57. The fourth-order valence-electron chi connectivity index (χ4n) is 2.39. The Morgan fingerprint density at radius 3 is 2.16 bits per heavy atom. The van der Waals surface area contributed by atoms with Crippen molar-refractivity contribution in [2.75, 3.05) is 32.1 Å². The van der Waals surface area contributed by atoms with Crippen molar-refractivity contribution in [2.45, 2.75) is 66.0 Å². The molecule has 0 amide bonds. The monoisotopic (exact) mass is 288 g/mol. The molecule has 1 N–H and O–H groups in total. The zero-order valence-electron chi connectivity index (χ0n) is 14.3. The molecular weight excluding hydrogens is 252 g/mol. The summed E-state index contributed by atoms with van der Waals surface area (Å²) in [4.78, 5) is 2.56. The summed E-state index contributed by atoms with van der Waals surface area (Å²) in [7, 11) is 2.29. The first-order chi connectivity index (χ1) is 8.90. The molecule has 0 spiro atoms. The van der Waals surface area contributed by atoms with Crippen molar-refractivity contribution in [3.63, 3.8) is 0 Å². The van der Waals surface area contributed by atoms with E-state index in [9.17, 15) is 0 Å². The van der Waals surface area contributed by atoms with Crippen molar-refractivity contribution in [3.8, 4) is 0 Å². The van der Waals surface area contributed by atoms with Gasteiger partial charge in [-0.05, 0) is 50.7 Å². The van der Waals surface area contributed by atoms with Crippen LogP contribution in [-0.2, 0) is 0 Å². The summed E-state index contributed by atoms with van der Waals surface area (Å²) in [5.41, 5.74) is 0.423. The summed E-state index contributed by atoms with van der Waals surface area (Å²) in [6.45, 7) is 13.9. The van der Waals surface area contributed by atoms with Crippen molar-refractivity contribution in [2.24, 2.45) is 5.41 Å². The summed E-state index contributed by atoms with van der Waals surface area (Å²) in [6.07, 6.45) is 5.99. The van der Waals surface area contributed by atoms with Crippen LogP contribution in [0.2, 0.25) is 0 Å². The summed E-state index contributed by atoms with van der Waals surface area (Å²) < 4.78 is 0. The van der Waals surface area contributed by atoms with Crippen LogP contribution >= 0.6 is 11.8 Å². The van der Waals surface area contributed by atoms with Gasteiger partial charge in [0.05, 0.1) is 0 Å². The van der Waals surface area contributed by atoms with E-state index in [4.69, 9.17) is 0 Å². The van der Waals surface area contributed by atoms with E-state index in [1.807, 2.05) is 11.8 Å². The largest absolute Gasteiger partial charge is 0.314 e. The summed E-state index contributed by atoms with van der Waals surface area (Å²) in [6, 6.07) is 1.26. The van der Waals surface area contributed by atoms with Gasteiger partial charge in [-0.3, -0.25) is 0 Å². The lowest BCUT2D eigenvalue weighted by Gasteiger charge is -2.39. The van der Waals surface area contributed by atoms with Crippen LogP contribution in [0.3, 0.4) is 0 Å². The van der Waals surface area contributed by atoms with E-state index in [2.05, 4.69) is 58.1 Å². The highest BCUT2D eigenvalue weighted by Crippen LogP contribution is 2.27. The van der Waals surface area contributed by atoms with Gasteiger partial charge in [0.1, 0.15) is 0 Å². The van der Waals surface area contributed by atoms with E-state index >= 15 is 0 Å². The normalized spacial score (nSPS) is 14.4. The number of hydrogen-bond acceptors (Lipinski definition) is 3. The van der Waals surface area contributed by atoms with E-state index in [-0.39, 0.29) is 0 Å². The lowest BCUT2D eigenvalue weighted by atomic mass is 9.81. The Kier molecular flexibility index (Phi) is 10.2. The lowest BCUT2D eigenvalue weighted by Crippen LogP contribution is -2.46. The lowest BCUT2D eigenvalue weighted by molar-refractivity contribution is 0.124. The highest BCUT2D eigenvalue weighted by molar-refractivity contribution is 7.98. The van der Waals surface area contributed by atoms with Crippen LogP contribution in [-0.4, -0.2) is 49.1 Å². The molecule has 0 bridgehead atoms. The zero-order chi connectivity index (χ0) is 14.9. The molecule has 0 saturated heterocycles. The van der Waals surface area contributed by atoms with Crippen LogP contribution < -0.4 is 5.32 Å². The molecular formula is C16H36N2S. The number of nitrogens with one attached hydrogen (secondary N) is 1. The molecule has 0 aliphatic heterocycles. The van der Waals surface area contributed by atoms with Crippen LogP contribution in [0.1, 0.15) is 53.9 Å². The molecule has 0 saturated carbocycles. The van der Waals surface area contributed by atoms with Gasteiger partial charge in [-0.25, -0.2) is 0 Å². The third-order valence-electron chi connectivity index (χ3n) is 4.46. The van der Waals surface area contributed by atoms with E-state index in [0.29, 0.717) is 17.5 Å². The van der Waals surface area contributed by atoms with Crippen LogP contribution in [0, 0.1) is 5.41 Å². The topological polar surface area (TPSA) is 15.3 Å². The number of rotatable bonds is 11. The van der Waals surface area contributed by atoms with Gasteiger partial charge in [-0.2, -0.15) is 11.8 Å². The molecule has 1 atom stereocenters. The molecule has 3 heteroatoms. The van der Waals surface area contributed by atoms with Crippen molar-refractivity contribution in [1.82, 2.24) is 10.2 Å². The van der Waals surface area contributed by atoms with Gasteiger partial charge in [0.25, 0.3) is 0 Å². The smallest absolute Gasteiger partial charge is 0.00719 e. The fourth-order valence-corrected chi connectivity index (χ4v) is 2.97. The molecule has 19 heavy (non-hydrogen) atoms. The van der Waals surface area contributed by atoms with Gasteiger partial charge in [0.15, 0.2) is 0 Å². The van der Waals surface area contributed by atoms with Gasteiger partial charge in [0.2, 0.25) is 0 Å². The molecule has 0 rings (SSSR count). The first-order valence-corrected chi connectivity index (χ1v) is 9.22.